The molecule has 1 aromatic rings. The van der Waals surface area contributed by atoms with Gasteiger partial charge in [0, 0.05) is 0 Å². The van der Waals surface area contributed by atoms with Gasteiger partial charge in [-0.3, -0.25) is 0 Å². The number of anilines is 1. The lowest BCUT2D eigenvalue weighted by atomic mass is 9.89. The molecule has 0 radical (unpaired) electrons. The fourth-order valence-corrected chi connectivity index (χ4v) is 1.97. The van der Waals surface area contributed by atoms with Crippen LogP contribution in [-0.4, -0.2) is 28.4 Å². The predicted octanol–water partition coefficient (Wildman–Crippen LogP) is 2.32. The first-order valence-corrected chi connectivity index (χ1v) is 6.62. The first-order valence-electron chi connectivity index (χ1n) is 6.62. The monoisotopic (exact) mass is 276 g/mol. The maximum atomic E-state index is 9.95. The van der Waals surface area contributed by atoms with E-state index in [1.165, 1.54) is 0 Å². The molecule has 2 rings (SSSR count). The van der Waals surface area contributed by atoms with Crippen molar-refractivity contribution in [2.75, 3.05) is 5.73 Å². The predicted molar refractivity (Wildman–Crippen MR) is 80.2 cm³/mol. The average molecular weight is 276 g/mol. The minimum atomic E-state index is -0.470. The number of nitrogens with two attached hydrogens (primary N) is 1. The third-order valence-electron chi connectivity index (χ3n) is 3.91. The summed E-state index contributed by atoms with van der Waals surface area (Å²) >= 11 is 0. The van der Waals surface area contributed by atoms with Crippen LogP contribution in [0.4, 0.5) is 5.82 Å². The molecule has 0 spiro atoms. The molecule has 0 amide bonds. The Hall–Kier alpha value is -1.53. The Balaban J connectivity index is 2.20. The normalized spacial score (nSPS) is 20.8. The number of aromatic hydroxyl groups is 1. The van der Waals surface area contributed by atoms with E-state index in [1.807, 2.05) is 27.7 Å². The van der Waals surface area contributed by atoms with Gasteiger partial charge < -0.3 is 20.1 Å². The van der Waals surface area contributed by atoms with Crippen LogP contribution in [0, 0.1) is 6.92 Å². The second kappa shape index (κ2) is 4.79. The van der Waals surface area contributed by atoms with Gasteiger partial charge in [0.15, 0.2) is 0 Å². The SMILES string of the molecule is Cc1cc(N)nc(/C=C/B2OC(C)(C)C(C)(C)O2)c1O. The molecule has 0 atom stereocenters. The molecule has 0 bridgehead atoms. The summed E-state index contributed by atoms with van der Waals surface area (Å²) in [5, 5.41) is 9.95. The van der Waals surface area contributed by atoms with Crippen LogP contribution in [0.1, 0.15) is 39.0 Å². The van der Waals surface area contributed by atoms with Gasteiger partial charge in [-0.2, -0.15) is 0 Å². The summed E-state index contributed by atoms with van der Waals surface area (Å²) in [6, 6.07) is 1.63. The van der Waals surface area contributed by atoms with Gasteiger partial charge in [0.25, 0.3) is 0 Å². The Labute approximate surface area is 119 Å². The van der Waals surface area contributed by atoms with E-state index in [9.17, 15) is 5.11 Å². The minimum absolute atomic E-state index is 0.118. The Bertz CT molecular complexity index is 540. The molecule has 0 aliphatic carbocycles. The maximum absolute atomic E-state index is 9.95. The fourth-order valence-electron chi connectivity index (χ4n) is 1.97. The topological polar surface area (TPSA) is 77.6 Å². The Morgan fingerprint density at radius 1 is 1.25 bits per heavy atom. The molecule has 1 aliphatic rings. The van der Waals surface area contributed by atoms with Crippen LogP contribution in [0.15, 0.2) is 12.0 Å². The van der Waals surface area contributed by atoms with Crippen LogP contribution in [0.5, 0.6) is 5.75 Å². The van der Waals surface area contributed by atoms with E-state index >= 15 is 0 Å². The molecule has 1 saturated heterocycles. The van der Waals surface area contributed by atoms with E-state index < -0.39 is 7.12 Å². The summed E-state index contributed by atoms with van der Waals surface area (Å²) in [5.74, 6) is 2.22. The van der Waals surface area contributed by atoms with Gasteiger partial charge in [-0.15, -0.1) is 0 Å². The number of hydrogen-bond donors (Lipinski definition) is 2. The highest BCUT2D eigenvalue weighted by atomic mass is 16.7. The minimum Gasteiger partial charge on any atom is -0.505 e. The van der Waals surface area contributed by atoms with Crippen molar-refractivity contribution in [3.8, 4) is 5.75 Å². The molecular weight excluding hydrogens is 255 g/mol. The molecule has 108 valence electrons. The van der Waals surface area contributed by atoms with E-state index in [1.54, 1.807) is 25.0 Å². The number of aromatic nitrogens is 1. The van der Waals surface area contributed by atoms with Crippen LogP contribution in [0.25, 0.3) is 6.08 Å². The number of nitrogens with zero attached hydrogens (tertiary/aromatic N) is 1. The third-order valence-corrected chi connectivity index (χ3v) is 3.91. The van der Waals surface area contributed by atoms with E-state index in [0.717, 1.165) is 0 Å². The van der Waals surface area contributed by atoms with Crippen molar-refractivity contribution < 1.29 is 14.4 Å². The number of hydrogen-bond acceptors (Lipinski definition) is 5. The molecule has 6 heteroatoms. The lowest BCUT2D eigenvalue weighted by Gasteiger charge is -2.32. The van der Waals surface area contributed by atoms with Gasteiger partial charge in [-0.05, 0) is 52.3 Å². The summed E-state index contributed by atoms with van der Waals surface area (Å²) in [6.45, 7) is 9.73. The van der Waals surface area contributed by atoms with Crippen molar-refractivity contribution in [2.24, 2.45) is 0 Å². The summed E-state index contributed by atoms with van der Waals surface area (Å²) in [7, 11) is -0.470. The highest BCUT2D eigenvalue weighted by Crippen LogP contribution is 2.37. The quantitative estimate of drug-likeness (QED) is 0.810. The highest BCUT2D eigenvalue weighted by molar-refractivity contribution is 6.52. The number of pyridine rings is 1. The van der Waals surface area contributed by atoms with Crippen molar-refractivity contribution in [1.82, 2.24) is 4.98 Å². The van der Waals surface area contributed by atoms with Crippen LogP contribution in [0.2, 0.25) is 0 Å². The van der Waals surface area contributed by atoms with Gasteiger partial charge in [-0.1, -0.05) is 5.98 Å². The van der Waals surface area contributed by atoms with Crippen LogP contribution < -0.4 is 5.73 Å². The van der Waals surface area contributed by atoms with Gasteiger partial charge in [-0.25, -0.2) is 4.98 Å². The van der Waals surface area contributed by atoms with E-state index in [0.29, 0.717) is 17.1 Å². The second-order valence-electron chi connectivity index (χ2n) is 6.08. The highest BCUT2D eigenvalue weighted by Gasteiger charge is 2.50. The molecule has 2 heterocycles. The molecule has 0 saturated carbocycles. The van der Waals surface area contributed by atoms with Crippen LogP contribution in [-0.2, 0) is 9.31 Å². The van der Waals surface area contributed by atoms with Crippen molar-refractivity contribution in [2.45, 2.75) is 45.8 Å². The largest absolute Gasteiger partial charge is 0.505 e. The van der Waals surface area contributed by atoms with Crippen LogP contribution in [0.3, 0.4) is 0 Å². The van der Waals surface area contributed by atoms with E-state index in [-0.39, 0.29) is 17.0 Å². The lowest BCUT2D eigenvalue weighted by molar-refractivity contribution is 0.00578. The first kappa shape index (κ1) is 14.9. The number of nitrogen functional groups attached to an aromatic ring is 1. The maximum Gasteiger partial charge on any atom is 0.487 e. The molecule has 5 nitrogen and oxygen atoms in total. The fraction of sp³-hybridized carbons (Fsp3) is 0.500. The third kappa shape index (κ3) is 2.67. The lowest BCUT2D eigenvalue weighted by Crippen LogP contribution is -2.41. The van der Waals surface area contributed by atoms with Crippen LogP contribution >= 0.6 is 0 Å². The van der Waals surface area contributed by atoms with Gasteiger partial charge in [0.1, 0.15) is 17.3 Å². The Morgan fingerprint density at radius 3 is 2.35 bits per heavy atom. The molecule has 1 fully saturated rings. The van der Waals surface area contributed by atoms with Crippen molar-refractivity contribution >= 4 is 19.0 Å². The molecule has 0 unspecified atom stereocenters. The zero-order valence-corrected chi connectivity index (χ0v) is 12.6. The average Bonchev–Trinajstić information content (AvgIpc) is 2.50. The van der Waals surface area contributed by atoms with Crippen molar-refractivity contribution in [3.05, 3.63) is 23.3 Å². The Kier molecular flexibility index (Phi) is 3.56. The van der Waals surface area contributed by atoms with E-state index in [4.69, 9.17) is 15.0 Å². The number of rotatable bonds is 2. The Morgan fingerprint density at radius 2 is 1.80 bits per heavy atom. The smallest absolute Gasteiger partial charge is 0.487 e. The number of aryl methyl sites for hydroxylation is 1. The molecule has 1 aromatic heterocycles. The van der Waals surface area contributed by atoms with Crippen molar-refractivity contribution in [3.63, 3.8) is 0 Å². The standard InChI is InChI=1S/C14H21BN2O3/c1-9-8-11(16)17-10(12(9)18)6-7-15-19-13(2,3)14(4,5)20-15/h6-8,18H,1-5H3,(H2,16,17)/b7-6+. The summed E-state index contributed by atoms with van der Waals surface area (Å²) < 4.78 is 11.7. The molecule has 3 N–H and O–H groups in total. The zero-order chi connectivity index (χ0) is 15.1. The zero-order valence-electron chi connectivity index (χ0n) is 12.6. The molecule has 20 heavy (non-hydrogen) atoms. The molecule has 1 aliphatic heterocycles. The van der Waals surface area contributed by atoms with Gasteiger partial charge in [0.2, 0.25) is 0 Å². The van der Waals surface area contributed by atoms with Crippen molar-refractivity contribution in [1.29, 1.82) is 0 Å². The van der Waals surface area contributed by atoms with Gasteiger partial charge in [0.05, 0.1) is 11.2 Å². The van der Waals surface area contributed by atoms with E-state index in [2.05, 4.69) is 4.98 Å². The summed E-state index contributed by atoms with van der Waals surface area (Å²) in [5.41, 5.74) is 6.01. The molecular formula is C14H21BN2O3. The first-order chi connectivity index (χ1) is 9.12. The second-order valence-corrected chi connectivity index (χ2v) is 6.08. The summed E-state index contributed by atoms with van der Waals surface area (Å²) in [4.78, 5) is 4.10. The van der Waals surface area contributed by atoms with Gasteiger partial charge >= 0.3 is 7.12 Å². The summed E-state index contributed by atoms with van der Waals surface area (Å²) in [6.07, 6.45) is 1.67. The molecule has 0 aromatic carbocycles.